The molecule has 0 saturated carbocycles. The van der Waals surface area contributed by atoms with E-state index < -0.39 is 34.3 Å². The number of hydrogen-bond acceptors (Lipinski definition) is 3. The molecule has 0 bridgehead atoms. The summed E-state index contributed by atoms with van der Waals surface area (Å²) in [5.41, 5.74) is -5.97. The molecule has 0 saturated heterocycles. The van der Waals surface area contributed by atoms with Gasteiger partial charge in [0.05, 0.1) is 0 Å². The highest BCUT2D eigenvalue weighted by atomic mass is 32.2. The number of hydrogen-bond donors (Lipinski definition) is 0. The van der Waals surface area contributed by atoms with Gasteiger partial charge in [0.15, 0.2) is 6.42 Å². The van der Waals surface area contributed by atoms with Crippen LogP contribution in [0.15, 0.2) is 30.3 Å². The molecule has 3 nitrogen and oxygen atoms in total. The summed E-state index contributed by atoms with van der Waals surface area (Å²) < 4.78 is 98.1. The smallest absolute Gasteiger partial charge is 0.186 e. The van der Waals surface area contributed by atoms with Crippen LogP contribution in [0.1, 0.15) is 5.56 Å². The normalized spacial score (nSPS) is 13.3. The zero-order valence-electron chi connectivity index (χ0n) is 9.49. The van der Waals surface area contributed by atoms with Crippen molar-refractivity contribution in [2.75, 3.05) is 0 Å². The number of rotatable bonds is 4. The van der Waals surface area contributed by atoms with Crippen molar-refractivity contribution in [2.24, 2.45) is 0 Å². The van der Waals surface area contributed by atoms with Crippen molar-refractivity contribution < 1.29 is 38.9 Å². The standard InChI is InChI=1S/C10H7F6O3S/c11-9(12,13)8(6-7-4-2-1-3-5-7)19-20(17,18)10(14,15)16/h1-5H,6H2/q+1. The first-order valence-corrected chi connectivity index (χ1v) is 6.32. The van der Waals surface area contributed by atoms with Crippen LogP contribution in [0.3, 0.4) is 0 Å². The van der Waals surface area contributed by atoms with Crippen molar-refractivity contribution in [2.45, 2.75) is 18.1 Å². The quantitative estimate of drug-likeness (QED) is 0.370. The molecule has 1 aromatic rings. The minimum absolute atomic E-state index is 0.0443. The van der Waals surface area contributed by atoms with E-state index in [1.165, 1.54) is 30.3 Å². The summed E-state index contributed by atoms with van der Waals surface area (Å²) in [6, 6.07) is 6.55. The fourth-order valence-electron chi connectivity index (χ4n) is 1.14. The molecule has 0 unspecified atom stereocenters. The van der Waals surface area contributed by atoms with Crippen LogP contribution in [-0.2, 0) is 20.7 Å². The van der Waals surface area contributed by atoms with E-state index in [9.17, 15) is 34.8 Å². The Kier molecular flexibility index (Phi) is 4.59. The van der Waals surface area contributed by atoms with Gasteiger partial charge in [0, 0.05) is 5.56 Å². The second-order valence-electron chi connectivity index (χ2n) is 3.57. The Balaban J connectivity index is 2.99. The lowest BCUT2D eigenvalue weighted by Crippen LogP contribution is -2.34. The van der Waals surface area contributed by atoms with E-state index in [1.807, 2.05) is 0 Å². The summed E-state index contributed by atoms with van der Waals surface area (Å²) in [5, 5.41) is 0. The molecule has 112 valence electrons. The van der Waals surface area contributed by atoms with Crippen LogP contribution in [0.5, 0.6) is 0 Å². The largest absolute Gasteiger partial charge is 0.588 e. The molecule has 0 N–H and O–H groups in total. The molecule has 0 radical (unpaired) electrons. The van der Waals surface area contributed by atoms with Gasteiger partial charge in [-0.25, -0.2) is 0 Å². The first kappa shape index (κ1) is 16.6. The topological polar surface area (TPSA) is 43.4 Å². The van der Waals surface area contributed by atoms with E-state index in [2.05, 4.69) is 4.18 Å². The van der Waals surface area contributed by atoms with E-state index in [4.69, 9.17) is 0 Å². The molecule has 1 aromatic carbocycles. The molecule has 0 aliphatic heterocycles. The lowest BCUT2D eigenvalue weighted by molar-refractivity contribution is -0.151. The van der Waals surface area contributed by atoms with Gasteiger partial charge in [-0.3, -0.25) is 0 Å². The molecule has 20 heavy (non-hydrogen) atoms. The highest BCUT2D eigenvalue weighted by Crippen LogP contribution is 2.37. The molecule has 0 aliphatic carbocycles. The summed E-state index contributed by atoms with van der Waals surface area (Å²) in [6.45, 7) is 0. The van der Waals surface area contributed by atoms with Crippen LogP contribution in [-0.4, -0.2) is 20.1 Å². The summed E-state index contributed by atoms with van der Waals surface area (Å²) in [7, 11) is -6.36. The zero-order chi connectivity index (χ0) is 15.6. The molecule has 0 fully saturated rings. The van der Waals surface area contributed by atoms with Gasteiger partial charge in [0.2, 0.25) is 0 Å². The Morgan fingerprint density at radius 1 is 1.00 bits per heavy atom. The molecule has 0 amide bonds. The molecule has 0 atom stereocenters. The minimum atomic E-state index is -6.36. The lowest BCUT2D eigenvalue weighted by atomic mass is 10.1. The summed E-state index contributed by atoms with van der Waals surface area (Å²) in [4.78, 5) is 0. The predicted molar refractivity (Wildman–Crippen MR) is 55.5 cm³/mol. The first-order chi connectivity index (χ1) is 8.93. The third kappa shape index (κ3) is 4.30. The molecule has 0 spiro atoms. The van der Waals surface area contributed by atoms with Crippen LogP contribution >= 0.6 is 0 Å². The Bertz CT molecular complexity index is 534. The van der Waals surface area contributed by atoms with Crippen LogP contribution in [0, 0.1) is 6.10 Å². The van der Waals surface area contributed by atoms with E-state index in [0.717, 1.165) is 0 Å². The molecule has 0 heterocycles. The fourth-order valence-corrected chi connectivity index (χ4v) is 1.65. The summed E-state index contributed by atoms with van der Waals surface area (Å²) >= 11 is 0. The average Bonchev–Trinajstić information content (AvgIpc) is 2.26. The number of alkyl halides is 6. The molecule has 0 aromatic heterocycles. The van der Waals surface area contributed by atoms with Crippen molar-refractivity contribution in [3.8, 4) is 0 Å². The predicted octanol–water partition coefficient (Wildman–Crippen LogP) is 3.19. The van der Waals surface area contributed by atoms with Gasteiger partial charge in [0.1, 0.15) is 0 Å². The van der Waals surface area contributed by atoms with Gasteiger partial charge >= 0.3 is 27.9 Å². The van der Waals surface area contributed by atoms with E-state index in [0.29, 0.717) is 0 Å². The molecule has 1 rings (SSSR count). The zero-order valence-corrected chi connectivity index (χ0v) is 10.3. The van der Waals surface area contributed by atoms with Gasteiger partial charge in [-0.05, 0) is 4.18 Å². The van der Waals surface area contributed by atoms with Crippen LogP contribution in [0.25, 0.3) is 0 Å². The fraction of sp³-hybridized carbons (Fsp3) is 0.300. The van der Waals surface area contributed by atoms with Gasteiger partial charge < -0.3 is 0 Å². The maximum Gasteiger partial charge on any atom is 0.588 e. The van der Waals surface area contributed by atoms with Crippen LogP contribution < -0.4 is 0 Å². The third-order valence-corrected chi connectivity index (χ3v) is 3.01. The van der Waals surface area contributed by atoms with E-state index >= 15 is 0 Å². The average molecular weight is 321 g/mol. The van der Waals surface area contributed by atoms with Gasteiger partial charge in [0.25, 0.3) is 0 Å². The highest BCUT2D eigenvalue weighted by molar-refractivity contribution is 7.87. The van der Waals surface area contributed by atoms with Crippen LogP contribution in [0.2, 0.25) is 0 Å². The van der Waals surface area contributed by atoms with Crippen molar-refractivity contribution >= 4 is 10.1 Å². The van der Waals surface area contributed by atoms with Crippen molar-refractivity contribution in [3.05, 3.63) is 42.0 Å². The van der Waals surface area contributed by atoms with Crippen LogP contribution in [0.4, 0.5) is 26.3 Å². The van der Waals surface area contributed by atoms with Crippen molar-refractivity contribution in [1.29, 1.82) is 0 Å². The lowest BCUT2D eigenvalue weighted by Gasteiger charge is -2.09. The monoisotopic (exact) mass is 321 g/mol. The Morgan fingerprint density at radius 2 is 1.50 bits per heavy atom. The van der Waals surface area contributed by atoms with Crippen molar-refractivity contribution in [3.63, 3.8) is 0 Å². The molecular weight excluding hydrogens is 314 g/mol. The SMILES string of the molecule is O=S(=O)(O[C+](Cc1ccccc1)C(F)(F)F)C(F)(F)F. The highest BCUT2D eigenvalue weighted by Gasteiger charge is 2.63. The van der Waals surface area contributed by atoms with E-state index in [1.54, 1.807) is 0 Å². The maximum atomic E-state index is 12.5. The first-order valence-electron chi connectivity index (χ1n) is 4.91. The maximum absolute atomic E-state index is 12.5. The Hall–Kier alpha value is -1.42. The van der Waals surface area contributed by atoms with E-state index in [-0.39, 0.29) is 5.56 Å². The second kappa shape index (κ2) is 5.52. The van der Waals surface area contributed by atoms with Crippen molar-refractivity contribution in [1.82, 2.24) is 0 Å². The second-order valence-corrected chi connectivity index (χ2v) is 5.10. The van der Waals surface area contributed by atoms with Gasteiger partial charge in [-0.15, -0.1) is 13.2 Å². The molecule has 0 aliphatic rings. The summed E-state index contributed by atoms with van der Waals surface area (Å²) in [6.07, 6.45) is -8.62. The Morgan fingerprint density at radius 3 is 1.90 bits per heavy atom. The molecular formula is C10H7F6O3S+. The number of benzene rings is 1. The Labute approximate surface area is 110 Å². The third-order valence-electron chi connectivity index (χ3n) is 2.02. The summed E-state index contributed by atoms with van der Waals surface area (Å²) in [5.74, 6) is 0. The minimum Gasteiger partial charge on any atom is -0.186 e. The van der Waals surface area contributed by atoms with Gasteiger partial charge in [-0.2, -0.15) is 21.6 Å². The molecule has 10 heteroatoms. The van der Waals surface area contributed by atoms with Gasteiger partial charge in [-0.1, -0.05) is 30.3 Å². The number of halogens is 6.